The van der Waals surface area contributed by atoms with Crippen LogP contribution < -0.4 is 9.47 Å². The second-order valence-electron chi connectivity index (χ2n) is 4.96. The van der Waals surface area contributed by atoms with Crippen molar-refractivity contribution in [1.82, 2.24) is 0 Å². The van der Waals surface area contributed by atoms with Gasteiger partial charge in [-0.25, -0.2) is 0 Å². The average Bonchev–Trinajstić information content (AvgIpc) is 2.48. The summed E-state index contributed by atoms with van der Waals surface area (Å²) in [5, 5.41) is 1.36. The van der Waals surface area contributed by atoms with Gasteiger partial charge in [0, 0.05) is 33.3 Å². The summed E-state index contributed by atoms with van der Waals surface area (Å²) in [6.45, 7) is 0. The van der Waals surface area contributed by atoms with Gasteiger partial charge in [-0.15, -0.1) is 0 Å². The van der Waals surface area contributed by atoms with E-state index in [0.29, 0.717) is 10.0 Å². The fraction of sp³-hybridized carbons (Fsp3) is 0.0588. The molecule has 4 heteroatoms. The summed E-state index contributed by atoms with van der Waals surface area (Å²) in [4.78, 5) is 0. The second kappa shape index (κ2) is 4.55. The van der Waals surface area contributed by atoms with Crippen LogP contribution >= 0.6 is 23.2 Å². The largest absolute Gasteiger partial charge is 0.445 e. The van der Waals surface area contributed by atoms with E-state index in [2.05, 4.69) is 0 Å². The van der Waals surface area contributed by atoms with Crippen molar-refractivity contribution in [2.45, 2.75) is 5.79 Å². The van der Waals surface area contributed by atoms with Crippen molar-refractivity contribution in [2.75, 3.05) is 0 Å². The van der Waals surface area contributed by atoms with Gasteiger partial charge in [0.25, 0.3) is 5.79 Å². The van der Waals surface area contributed by atoms with E-state index >= 15 is 0 Å². The topological polar surface area (TPSA) is 18.5 Å². The fourth-order valence-corrected chi connectivity index (χ4v) is 2.81. The maximum absolute atomic E-state index is 6.02. The molecule has 4 rings (SSSR count). The van der Waals surface area contributed by atoms with Crippen molar-refractivity contribution >= 4 is 35.4 Å². The SMILES string of the molecule is Clc1ccc2c(c1)C=CC1(C=Cc3cc(Cl)ccc3O1)O2. The highest BCUT2D eigenvalue weighted by Crippen LogP contribution is 2.39. The predicted octanol–water partition coefficient (Wildman–Crippen LogP) is 5.20. The number of halogens is 2. The van der Waals surface area contributed by atoms with E-state index < -0.39 is 5.79 Å². The summed E-state index contributed by atoms with van der Waals surface area (Å²) in [6, 6.07) is 11.0. The van der Waals surface area contributed by atoms with Crippen LogP contribution in [-0.2, 0) is 0 Å². The molecular weight excluding hydrogens is 307 g/mol. The van der Waals surface area contributed by atoms with Gasteiger partial charge in [0.05, 0.1) is 0 Å². The third-order valence-corrected chi connectivity index (χ3v) is 3.94. The third kappa shape index (κ3) is 2.21. The van der Waals surface area contributed by atoms with E-state index in [1.165, 1.54) is 0 Å². The Hall–Kier alpha value is -1.90. The van der Waals surface area contributed by atoms with Crippen LogP contribution in [0.1, 0.15) is 11.1 Å². The van der Waals surface area contributed by atoms with E-state index in [4.69, 9.17) is 32.7 Å². The van der Waals surface area contributed by atoms with Gasteiger partial charge in [-0.05, 0) is 48.6 Å². The Bertz CT molecular complexity index is 726. The van der Waals surface area contributed by atoms with Gasteiger partial charge in [-0.1, -0.05) is 23.2 Å². The Morgan fingerprint density at radius 1 is 0.714 bits per heavy atom. The Labute approximate surface area is 132 Å². The monoisotopic (exact) mass is 316 g/mol. The standard InChI is InChI=1S/C17H10Cl2O2/c18-13-1-3-15-11(9-13)5-7-17(20-15)8-6-12-10-14(19)2-4-16(12)21-17/h1-10H. The molecule has 2 nitrogen and oxygen atoms in total. The van der Waals surface area contributed by atoms with Crippen LogP contribution in [0.25, 0.3) is 12.2 Å². The number of hydrogen-bond donors (Lipinski definition) is 0. The molecule has 0 bridgehead atoms. The van der Waals surface area contributed by atoms with E-state index in [-0.39, 0.29) is 0 Å². The second-order valence-corrected chi connectivity index (χ2v) is 5.83. The first-order valence-electron chi connectivity index (χ1n) is 6.49. The predicted molar refractivity (Wildman–Crippen MR) is 85.0 cm³/mol. The van der Waals surface area contributed by atoms with E-state index in [1.807, 2.05) is 48.6 Å². The zero-order chi connectivity index (χ0) is 14.4. The quantitative estimate of drug-likeness (QED) is 0.665. The first kappa shape index (κ1) is 12.8. The zero-order valence-corrected chi connectivity index (χ0v) is 12.4. The molecule has 104 valence electrons. The molecule has 0 fully saturated rings. The lowest BCUT2D eigenvalue weighted by Gasteiger charge is -2.35. The molecule has 0 aromatic heterocycles. The van der Waals surface area contributed by atoms with Crippen molar-refractivity contribution in [1.29, 1.82) is 0 Å². The summed E-state index contributed by atoms with van der Waals surface area (Å²) in [6.07, 6.45) is 7.66. The van der Waals surface area contributed by atoms with Gasteiger partial charge in [-0.3, -0.25) is 0 Å². The number of fused-ring (bicyclic) bond motifs is 2. The lowest BCUT2D eigenvalue weighted by Crippen LogP contribution is -2.41. The van der Waals surface area contributed by atoms with Crippen molar-refractivity contribution in [3.63, 3.8) is 0 Å². The molecule has 2 aliphatic rings. The summed E-state index contributed by atoms with van der Waals surface area (Å²) < 4.78 is 12.0. The van der Waals surface area contributed by atoms with Gasteiger partial charge in [0.2, 0.25) is 0 Å². The molecule has 0 saturated heterocycles. The first-order valence-corrected chi connectivity index (χ1v) is 7.25. The van der Waals surface area contributed by atoms with Crippen LogP contribution in [0.4, 0.5) is 0 Å². The molecular formula is C17H10Cl2O2. The third-order valence-electron chi connectivity index (χ3n) is 3.47. The normalized spacial score (nSPS) is 16.9. The van der Waals surface area contributed by atoms with Crippen molar-refractivity contribution in [2.24, 2.45) is 0 Å². The lowest BCUT2D eigenvalue weighted by atomic mass is 10.0. The minimum Gasteiger partial charge on any atom is -0.445 e. The number of rotatable bonds is 0. The van der Waals surface area contributed by atoms with Crippen molar-refractivity contribution in [3.8, 4) is 11.5 Å². The van der Waals surface area contributed by atoms with Gasteiger partial charge < -0.3 is 9.47 Å². The number of hydrogen-bond acceptors (Lipinski definition) is 2. The van der Waals surface area contributed by atoms with Gasteiger partial charge in [0.15, 0.2) is 0 Å². The maximum Gasteiger partial charge on any atom is 0.291 e. The molecule has 2 aromatic carbocycles. The molecule has 2 heterocycles. The summed E-state index contributed by atoms with van der Waals surface area (Å²) in [7, 11) is 0. The Kier molecular flexibility index (Phi) is 2.78. The molecule has 1 spiro atoms. The molecule has 0 amide bonds. The van der Waals surface area contributed by atoms with Crippen LogP contribution in [0.2, 0.25) is 10.0 Å². The summed E-state index contributed by atoms with van der Waals surface area (Å²) >= 11 is 12.0. The molecule has 2 aliphatic heterocycles. The van der Waals surface area contributed by atoms with Gasteiger partial charge in [0.1, 0.15) is 11.5 Å². The van der Waals surface area contributed by atoms with Crippen LogP contribution in [0.3, 0.4) is 0 Å². The summed E-state index contributed by atoms with van der Waals surface area (Å²) in [5.74, 6) is 0.565. The highest BCUT2D eigenvalue weighted by atomic mass is 35.5. The molecule has 0 aliphatic carbocycles. The molecule has 0 atom stereocenters. The lowest BCUT2D eigenvalue weighted by molar-refractivity contribution is -0.0307. The maximum atomic E-state index is 6.02. The van der Waals surface area contributed by atoms with Crippen LogP contribution in [0.15, 0.2) is 48.6 Å². The molecule has 0 saturated carbocycles. The molecule has 21 heavy (non-hydrogen) atoms. The van der Waals surface area contributed by atoms with Crippen molar-refractivity contribution in [3.05, 3.63) is 69.7 Å². The molecule has 0 unspecified atom stereocenters. The Morgan fingerprint density at radius 3 is 1.67 bits per heavy atom. The number of ether oxygens (including phenoxy) is 2. The van der Waals surface area contributed by atoms with Crippen molar-refractivity contribution < 1.29 is 9.47 Å². The number of benzene rings is 2. The van der Waals surface area contributed by atoms with Crippen LogP contribution in [0, 0.1) is 0 Å². The van der Waals surface area contributed by atoms with Crippen LogP contribution in [0.5, 0.6) is 11.5 Å². The fourth-order valence-electron chi connectivity index (χ4n) is 2.45. The zero-order valence-electron chi connectivity index (χ0n) is 10.8. The van der Waals surface area contributed by atoms with Gasteiger partial charge in [-0.2, -0.15) is 0 Å². The highest BCUT2D eigenvalue weighted by Gasteiger charge is 2.35. The van der Waals surface area contributed by atoms with Gasteiger partial charge >= 0.3 is 0 Å². The Morgan fingerprint density at radius 2 is 1.19 bits per heavy atom. The smallest absolute Gasteiger partial charge is 0.291 e. The molecule has 0 N–H and O–H groups in total. The molecule has 2 aromatic rings. The first-order chi connectivity index (χ1) is 10.1. The minimum absolute atomic E-state index is 0.679. The van der Waals surface area contributed by atoms with E-state index in [0.717, 1.165) is 22.6 Å². The molecule has 0 radical (unpaired) electrons. The Balaban J connectivity index is 1.73. The minimum atomic E-state index is -0.915. The van der Waals surface area contributed by atoms with E-state index in [9.17, 15) is 0 Å². The van der Waals surface area contributed by atoms with E-state index in [1.54, 1.807) is 12.1 Å². The summed E-state index contributed by atoms with van der Waals surface area (Å²) in [5.41, 5.74) is 1.87. The highest BCUT2D eigenvalue weighted by molar-refractivity contribution is 6.31. The van der Waals surface area contributed by atoms with Crippen LogP contribution in [-0.4, -0.2) is 5.79 Å². The average molecular weight is 317 g/mol.